The predicted molar refractivity (Wildman–Crippen MR) is 39.3 cm³/mol. The van der Waals surface area contributed by atoms with E-state index in [0.29, 0.717) is 19.3 Å². The lowest BCUT2D eigenvalue weighted by atomic mass is 10.1. The van der Waals surface area contributed by atoms with Crippen LogP contribution in [0.15, 0.2) is 0 Å². The highest BCUT2D eigenvalue weighted by molar-refractivity contribution is 6.64. The first-order chi connectivity index (χ1) is 5.11. The zero-order chi connectivity index (χ0) is 8.43. The molecule has 11 heavy (non-hydrogen) atoms. The predicted octanol–water partition coefficient (Wildman–Crippen LogP) is 1.25. The Hall–Kier alpha value is -0.570. The number of carbonyl (C=O) groups is 2. The zero-order valence-electron chi connectivity index (χ0n) is 5.92. The maximum Gasteiger partial charge on any atom is 0.306 e. The number of carbonyl (C=O) groups excluding carboxylic acids is 1. The van der Waals surface area contributed by atoms with Gasteiger partial charge in [0.25, 0.3) is 0 Å². The maximum absolute atomic E-state index is 10.6. The molecule has 0 radical (unpaired) electrons. The minimum absolute atomic E-state index is 0.224. The SMILES string of the molecule is O=C(O)C1CCC(C(=O)Cl)C1. The second-order valence-electron chi connectivity index (χ2n) is 2.85. The number of carboxylic acid groups (broad SMARTS) is 1. The largest absolute Gasteiger partial charge is 0.481 e. The van der Waals surface area contributed by atoms with Crippen molar-refractivity contribution in [2.24, 2.45) is 11.8 Å². The molecule has 0 spiro atoms. The Morgan fingerprint density at radius 1 is 1.27 bits per heavy atom. The quantitative estimate of drug-likeness (QED) is 0.645. The molecule has 0 aromatic carbocycles. The Morgan fingerprint density at radius 3 is 2.09 bits per heavy atom. The van der Waals surface area contributed by atoms with E-state index < -0.39 is 11.2 Å². The van der Waals surface area contributed by atoms with E-state index in [1.807, 2.05) is 0 Å². The van der Waals surface area contributed by atoms with Gasteiger partial charge >= 0.3 is 5.97 Å². The van der Waals surface area contributed by atoms with Crippen molar-refractivity contribution >= 4 is 22.8 Å². The van der Waals surface area contributed by atoms with Crippen LogP contribution in [0.4, 0.5) is 0 Å². The number of hydrogen-bond donors (Lipinski definition) is 1. The third-order valence-corrected chi connectivity index (χ3v) is 2.41. The number of halogens is 1. The van der Waals surface area contributed by atoms with Crippen molar-refractivity contribution < 1.29 is 14.7 Å². The summed E-state index contributed by atoms with van der Waals surface area (Å²) >= 11 is 5.22. The summed E-state index contributed by atoms with van der Waals surface area (Å²) in [6, 6.07) is 0. The van der Waals surface area contributed by atoms with Crippen LogP contribution < -0.4 is 0 Å². The van der Waals surface area contributed by atoms with E-state index in [2.05, 4.69) is 0 Å². The van der Waals surface area contributed by atoms with Crippen molar-refractivity contribution in [2.75, 3.05) is 0 Å². The van der Waals surface area contributed by atoms with Gasteiger partial charge in [-0.1, -0.05) is 0 Å². The molecule has 0 amide bonds. The summed E-state index contributed by atoms with van der Waals surface area (Å²) in [6.07, 6.45) is 1.62. The molecular weight excluding hydrogens is 168 g/mol. The van der Waals surface area contributed by atoms with E-state index in [4.69, 9.17) is 16.7 Å². The molecule has 0 heterocycles. The van der Waals surface area contributed by atoms with Crippen LogP contribution in [0.5, 0.6) is 0 Å². The van der Waals surface area contributed by atoms with Crippen LogP contribution in [0, 0.1) is 11.8 Å². The summed E-state index contributed by atoms with van der Waals surface area (Å²) in [4.78, 5) is 21.0. The topological polar surface area (TPSA) is 54.4 Å². The molecule has 0 saturated heterocycles. The van der Waals surface area contributed by atoms with Crippen molar-refractivity contribution in [3.05, 3.63) is 0 Å². The summed E-state index contributed by atoms with van der Waals surface area (Å²) in [7, 11) is 0. The third kappa shape index (κ3) is 1.93. The number of aliphatic carboxylic acids is 1. The van der Waals surface area contributed by atoms with Gasteiger partial charge in [0.05, 0.1) is 5.92 Å². The molecule has 4 heteroatoms. The van der Waals surface area contributed by atoms with Crippen LogP contribution in [0.2, 0.25) is 0 Å². The Labute approximate surface area is 69.3 Å². The first-order valence-electron chi connectivity index (χ1n) is 3.53. The van der Waals surface area contributed by atoms with Crippen molar-refractivity contribution in [2.45, 2.75) is 19.3 Å². The van der Waals surface area contributed by atoms with E-state index in [9.17, 15) is 9.59 Å². The van der Waals surface area contributed by atoms with E-state index >= 15 is 0 Å². The van der Waals surface area contributed by atoms with Gasteiger partial charge in [0.1, 0.15) is 0 Å². The van der Waals surface area contributed by atoms with E-state index in [1.165, 1.54) is 0 Å². The summed E-state index contributed by atoms with van der Waals surface area (Å²) in [5.74, 6) is -1.40. The molecule has 2 atom stereocenters. The van der Waals surface area contributed by atoms with Gasteiger partial charge < -0.3 is 5.11 Å². The summed E-state index contributed by atoms with van der Waals surface area (Å²) in [6.45, 7) is 0. The number of hydrogen-bond acceptors (Lipinski definition) is 2. The van der Waals surface area contributed by atoms with Crippen LogP contribution in [0.25, 0.3) is 0 Å². The molecule has 0 aromatic rings. The van der Waals surface area contributed by atoms with Gasteiger partial charge in [-0.05, 0) is 30.9 Å². The lowest BCUT2D eigenvalue weighted by molar-refractivity contribution is -0.141. The molecular formula is C7H9ClO3. The van der Waals surface area contributed by atoms with Crippen LogP contribution >= 0.6 is 11.6 Å². The molecule has 0 aliphatic heterocycles. The number of carboxylic acids is 1. The van der Waals surface area contributed by atoms with Gasteiger partial charge in [-0.25, -0.2) is 0 Å². The highest BCUT2D eigenvalue weighted by Gasteiger charge is 2.32. The van der Waals surface area contributed by atoms with Crippen LogP contribution in [0.1, 0.15) is 19.3 Å². The zero-order valence-corrected chi connectivity index (χ0v) is 6.67. The van der Waals surface area contributed by atoms with E-state index in [1.54, 1.807) is 0 Å². The summed E-state index contributed by atoms with van der Waals surface area (Å²) in [5.41, 5.74) is 0. The molecule has 1 rings (SSSR count). The smallest absolute Gasteiger partial charge is 0.306 e. The normalized spacial score (nSPS) is 30.3. The second kappa shape index (κ2) is 3.22. The van der Waals surface area contributed by atoms with E-state index in [0.717, 1.165) is 0 Å². The first kappa shape index (κ1) is 8.53. The Morgan fingerprint density at radius 2 is 1.82 bits per heavy atom. The second-order valence-corrected chi connectivity index (χ2v) is 3.22. The molecule has 1 aliphatic carbocycles. The Balaban J connectivity index is 2.47. The van der Waals surface area contributed by atoms with Crippen LogP contribution in [-0.4, -0.2) is 16.3 Å². The highest BCUT2D eigenvalue weighted by atomic mass is 35.5. The minimum Gasteiger partial charge on any atom is -0.481 e. The minimum atomic E-state index is -0.814. The van der Waals surface area contributed by atoms with Crippen LogP contribution in [0.3, 0.4) is 0 Å². The van der Waals surface area contributed by atoms with E-state index in [-0.39, 0.29) is 11.8 Å². The average molecular weight is 177 g/mol. The monoisotopic (exact) mass is 176 g/mol. The fourth-order valence-electron chi connectivity index (χ4n) is 1.41. The molecule has 0 aromatic heterocycles. The first-order valence-corrected chi connectivity index (χ1v) is 3.91. The van der Waals surface area contributed by atoms with Crippen molar-refractivity contribution in [1.29, 1.82) is 0 Å². The molecule has 2 unspecified atom stereocenters. The van der Waals surface area contributed by atoms with Gasteiger partial charge in [0, 0.05) is 5.92 Å². The highest BCUT2D eigenvalue weighted by Crippen LogP contribution is 2.32. The fraction of sp³-hybridized carbons (Fsp3) is 0.714. The number of rotatable bonds is 2. The summed E-state index contributed by atoms with van der Waals surface area (Å²) < 4.78 is 0. The molecule has 1 aliphatic rings. The fourth-order valence-corrected chi connectivity index (χ4v) is 1.61. The van der Waals surface area contributed by atoms with Gasteiger partial charge in [-0.2, -0.15) is 0 Å². The maximum atomic E-state index is 10.6. The Bertz CT molecular complexity index is 170. The Kier molecular flexibility index (Phi) is 2.49. The molecule has 1 fully saturated rings. The lowest BCUT2D eigenvalue weighted by Crippen LogP contribution is -2.11. The van der Waals surface area contributed by atoms with Crippen molar-refractivity contribution in [3.8, 4) is 0 Å². The van der Waals surface area contributed by atoms with Gasteiger partial charge in [-0.15, -0.1) is 0 Å². The standard InChI is InChI=1S/C7H9ClO3/c8-6(9)4-1-2-5(3-4)7(10)11/h4-5H,1-3H2,(H,10,11). The molecule has 1 N–H and O–H groups in total. The average Bonchev–Trinajstić information content (AvgIpc) is 2.33. The molecule has 1 saturated carbocycles. The van der Waals surface area contributed by atoms with Crippen molar-refractivity contribution in [3.63, 3.8) is 0 Å². The molecule has 0 bridgehead atoms. The van der Waals surface area contributed by atoms with Gasteiger partial charge in [-0.3, -0.25) is 9.59 Å². The van der Waals surface area contributed by atoms with Gasteiger partial charge in [0.15, 0.2) is 0 Å². The lowest BCUT2D eigenvalue weighted by Gasteiger charge is -2.01. The summed E-state index contributed by atoms with van der Waals surface area (Å²) in [5, 5.41) is 8.16. The van der Waals surface area contributed by atoms with Crippen LogP contribution in [-0.2, 0) is 9.59 Å². The molecule has 3 nitrogen and oxygen atoms in total. The van der Waals surface area contributed by atoms with Gasteiger partial charge in [0.2, 0.25) is 5.24 Å². The molecule has 62 valence electrons. The van der Waals surface area contributed by atoms with Crippen molar-refractivity contribution in [1.82, 2.24) is 0 Å². The third-order valence-electron chi connectivity index (χ3n) is 2.10.